The van der Waals surface area contributed by atoms with Crippen LogP contribution in [0.3, 0.4) is 0 Å². The van der Waals surface area contributed by atoms with E-state index in [0.29, 0.717) is 6.61 Å². The van der Waals surface area contributed by atoms with Crippen molar-refractivity contribution in [1.82, 2.24) is 5.32 Å². The van der Waals surface area contributed by atoms with Gasteiger partial charge in [-0.05, 0) is 33.2 Å². The lowest BCUT2D eigenvalue weighted by atomic mass is 9.95. The molecule has 1 heterocycles. The standard InChI is InChI=1S/C9H17NO2/c1-3-12-7-8(11)9(2)5-4-6-10-9/h10H,3-7H2,1-2H3. The number of Topliss-reactive ketones (excluding diaryl/α,β-unsaturated/α-hetero) is 1. The number of carbonyl (C=O) groups excluding carboxylic acids is 1. The Morgan fingerprint density at radius 2 is 2.42 bits per heavy atom. The van der Waals surface area contributed by atoms with Crippen molar-refractivity contribution in [1.29, 1.82) is 0 Å². The molecule has 1 N–H and O–H groups in total. The summed E-state index contributed by atoms with van der Waals surface area (Å²) in [6, 6.07) is 0. The van der Waals surface area contributed by atoms with Gasteiger partial charge < -0.3 is 10.1 Å². The first-order valence-corrected chi connectivity index (χ1v) is 4.55. The van der Waals surface area contributed by atoms with E-state index in [1.807, 2.05) is 13.8 Å². The maximum absolute atomic E-state index is 11.5. The van der Waals surface area contributed by atoms with Crippen molar-refractivity contribution >= 4 is 5.78 Å². The first-order valence-electron chi connectivity index (χ1n) is 4.55. The summed E-state index contributed by atoms with van der Waals surface area (Å²) in [5.41, 5.74) is -0.310. The average Bonchev–Trinajstić information content (AvgIpc) is 2.49. The minimum Gasteiger partial charge on any atom is -0.374 e. The minimum absolute atomic E-state index is 0.182. The lowest BCUT2D eigenvalue weighted by Gasteiger charge is -2.21. The molecule has 3 heteroatoms. The molecule has 1 unspecified atom stereocenters. The van der Waals surface area contributed by atoms with Gasteiger partial charge in [-0.1, -0.05) is 0 Å². The summed E-state index contributed by atoms with van der Waals surface area (Å²) in [7, 11) is 0. The molecule has 70 valence electrons. The van der Waals surface area contributed by atoms with E-state index in [2.05, 4.69) is 5.32 Å². The molecule has 0 aliphatic carbocycles. The van der Waals surface area contributed by atoms with Crippen LogP contribution in [0.4, 0.5) is 0 Å². The zero-order valence-electron chi connectivity index (χ0n) is 7.85. The molecule has 0 aromatic heterocycles. The highest BCUT2D eigenvalue weighted by Gasteiger charge is 2.35. The van der Waals surface area contributed by atoms with Crippen LogP contribution in [0.15, 0.2) is 0 Å². The highest BCUT2D eigenvalue weighted by molar-refractivity contribution is 5.89. The second-order valence-corrected chi connectivity index (χ2v) is 3.42. The van der Waals surface area contributed by atoms with Gasteiger partial charge in [0.05, 0.1) is 5.54 Å². The third-order valence-electron chi connectivity index (χ3n) is 2.42. The fourth-order valence-electron chi connectivity index (χ4n) is 1.49. The van der Waals surface area contributed by atoms with Gasteiger partial charge in [-0.15, -0.1) is 0 Å². The fourth-order valence-corrected chi connectivity index (χ4v) is 1.49. The molecule has 0 aromatic carbocycles. The molecule has 0 saturated carbocycles. The van der Waals surface area contributed by atoms with Crippen molar-refractivity contribution < 1.29 is 9.53 Å². The molecular formula is C9H17NO2. The smallest absolute Gasteiger partial charge is 0.178 e. The van der Waals surface area contributed by atoms with Gasteiger partial charge in [0.2, 0.25) is 0 Å². The van der Waals surface area contributed by atoms with E-state index < -0.39 is 0 Å². The number of hydrogen-bond donors (Lipinski definition) is 1. The second-order valence-electron chi connectivity index (χ2n) is 3.42. The van der Waals surface area contributed by atoms with Crippen LogP contribution >= 0.6 is 0 Å². The van der Waals surface area contributed by atoms with E-state index >= 15 is 0 Å². The van der Waals surface area contributed by atoms with E-state index in [1.54, 1.807) is 0 Å². The molecule has 12 heavy (non-hydrogen) atoms. The first kappa shape index (κ1) is 9.68. The number of carbonyl (C=O) groups is 1. The van der Waals surface area contributed by atoms with Crippen LogP contribution in [0.1, 0.15) is 26.7 Å². The van der Waals surface area contributed by atoms with Crippen molar-refractivity contribution in [3.8, 4) is 0 Å². The molecule has 0 spiro atoms. The summed E-state index contributed by atoms with van der Waals surface area (Å²) in [5, 5.41) is 3.21. The molecule has 1 aliphatic rings. The van der Waals surface area contributed by atoms with Gasteiger partial charge in [-0.2, -0.15) is 0 Å². The Morgan fingerprint density at radius 1 is 1.67 bits per heavy atom. The third-order valence-corrected chi connectivity index (χ3v) is 2.42. The highest BCUT2D eigenvalue weighted by atomic mass is 16.5. The summed E-state index contributed by atoms with van der Waals surface area (Å²) in [6.07, 6.45) is 2.03. The van der Waals surface area contributed by atoms with Crippen LogP contribution in [-0.2, 0) is 9.53 Å². The molecule has 0 radical (unpaired) electrons. The SMILES string of the molecule is CCOCC(=O)C1(C)CCCN1. The zero-order valence-corrected chi connectivity index (χ0v) is 7.85. The van der Waals surface area contributed by atoms with E-state index in [-0.39, 0.29) is 17.9 Å². The monoisotopic (exact) mass is 171 g/mol. The molecule has 0 bridgehead atoms. The summed E-state index contributed by atoms with van der Waals surface area (Å²) < 4.78 is 5.08. The van der Waals surface area contributed by atoms with Gasteiger partial charge in [0.25, 0.3) is 0 Å². The Hall–Kier alpha value is -0.410. The van der Waals surface area contributed by atoms with E-state index in [1.165, 1.54) is 0 Å². The van der Waals surface area contributed by atoms with Crippen molar-refractivity contribution in [2.75, 3.05) is 19.8 Å². The molecule has 1 saturated heterocycles. The Kier molecular flexibility index (Phi) is 3.23. The topological polar surface area (TPSA) is 38.3 Å². The molecule has 3 nitrogen and oxygen atoms in total. The Balaban J connectivity index is 2.39. The van der Waals surface area contributed by atoms with Crippen molar-refractivity contribution in [3.63, 3.8) is 0 Å². The Bertz CT molecular complexity index is 162. The van der Waals surface area contributed by atoms with Crippen LogP contribution in [0.2, 0.25) is 0 Å². The second kappa shape index (κ2) is 4.01. The van der Waals surface area contributed by atoms with Crippen LogP contribution in [-0.4, -0.2) is 31.1 Å². The van der Waals surface area contributed by atoms with Crippen LogP contribution in [0, 0.1) is 0 Å². The molecule has 0 amide bonds. The van der Waals surface area contributed by atoms with Crippen LogP contribution in [0.25, 0.3) is 0 Å². The summed E-state index contributed by atoms with van der Waals surface area (Å²) in [4.78, 5) is 11.5. The average molecular weight is 171 g/mol. The number of nitrogens with one attached hydrogen (secondary N) is 1. The molecule has 1 rings (SSSR count). The zero-order chi connectivity index (χ0) is 9.03. The predicted molar refractivity (Wildman–Crippen MR) is 47.1 cm³/mol. The molecule has 0 aromatic rings. The van der Waals surface area contributed by atoms with Crippen LogP contribution in [0.5, 0.6) is 0 Å². The Morgan fingerprint density at radius 3 is 2.92 bits per heavy atom. The number of rotatable bonds is 4. The molecular weight excluding hydrogens is 154 g/mol. The van der Waals surface area contributed by atoms with Crippen molar-refractivity contribution in [2.45, 2.75) is 32.2 Å². The highest BCUT2D eigenvalue weighted by Crippen LogP contribution is 2.19. The first-order chi connectivity index (χ1) is 5.69. The van der Waals surface area contributed by atoms with E-state index in [4.69, 9.17) is 4.74 Å². The van der Waals surface area contributed by atoms with Gasteiger partial charge >= 0.3 is 0 Å². The normalized spacial score (nSPS) is 29.2. The van der Waals surface area contributed by atoms with Gasteiger partial charge in [-0.25, -0.2) is 0 Å². The van der Waals surface area contributed by atoms with Crippen LogP contribution < -0.4 is 5.32 Å². The minimum atomic E-state index is -0.310. The maximum atomic E-state index is 11.5. The summed E-state index contributed by atoms with van der Waals surface area (Å²) >= 11 is 0. The molecule has 1 aliphatic heterocycles. The van der Waals surface area contributed by atoms with Crippen molar-refractivity contribution in [3.05, 3.63) is 0 Å². The maximum Gasteiger partial charge on any atom is 0.178 e. The quantitative estimate of drug-likeness (QED) is 0.677. The van der Waals surface area contributed by atoms with Crippen molar-refractivity contribution in [2.24, 2.45) is 0 Å². The lowest BCUT2D eigenvalue weighted by Crippen LogP contribution is -2.46. The third kappa shape index (κ3) is 2.05. The molecule has 1 atom stereocenters. The largest absolute Gasteiger partial charge is 0.374 e. The van der Waals surface area contributed by atoms with Gasteiger partial charge in [0, 0.05) is 6.61 Å². The van der Waals surface area contributed by atoms with Gasteiger partial charge in [0.1, 0.15) is 6.61 Å². The number of hydrogen-bond acceptors (Lipinski definition) is 3. The van der Waals surface area contributed by atoms with Gasteiger partial charge in [-0.3, -0.25) is 4.79 Å². The number of ether oxygens (including phenoxy) is 1. The summed E-state index contributed by atoms with van der Waals surface area (Å²) in [5.74, 6) is 0.182. The summed E-state index contributed by atoms with van der Waals surface area (Å²) in [6.45, 7) is 5.68. The predicted octanol–water partition coefficient (Wildman–Crippen LogP) is 0.734. The van der Waals surface area contributed by atoms with Gasteiger partial charge in [0.15, 0.2) is 5.78 Å². The Labute approximate surface area is 73.5 Å². The molecule has 1 fully saturated rings. The lowest BCUT2D eigenvalue weighted by molar-refractivity contribution is -0.128. The fraction of sp³-hybridized carbons (Fsp3) is 0.889. The van der Waals surface area contributed by atoms with E-state index in [0.717, 1.165) is 19.4 Å². The van der Waals surface area contributed by atoms with E-state index in [9.17, 15) is 4.79 Å². The number of ketones is 1.